The van der Waals surface area contributed by atoms with Gasteiger partial charge in [-0.25, -0.2) is 18.2 Å². The maximum absolute atomic E-state index is 13.7. The number of fused-ring (bicyclic) bond motifs is 3. The molecule has 12 heteroatoms. The van der Waals surface area contributed by atoms with E-state index in [9.17, 15) is 25.8 Å². The lowest BCUT2D eigenvalue weighted by Gasteiger charge is -2.10. The van der Waals surface area contributed by atoms with E-state index in [1.807, 2.05) is 0 Å². The monoisotopic (exact) mass is 487 g/mol. The number of alkyl halides is 3. The van der Waals surface area contributed by atoms with Gasteiger partial charge in [-0.3, -0.25) is 4.21 Å². The van der Waals surface area contributed by atoms with Crippen LogP contribution in [0.25, 0.3) is 27.4 Å². The van der Waals surface area contributed by atoms with Gasteiger partial charge in [-0.1, -0.05) is 23.7 Å². The first-order valence-electron chi connectivity index (χ1n) is 8.57. The van der Waals surface area contributed by atoms with Crippen LogP contribution in [0.4, 0.5) is 13.2 Å². The standard InChI is InChI=1S/C19H13ClF3N3O3S2/c1-30(27)15-9-8-13-12(16(15)20)6-7-14-17(13)26(25-18(14)19(21,22)23)10-2-4-11(5-3-10)31(24,28)29/h2-9H,1H3,(H2,24,28,29). The summed E-state index contributed by atoms with van der Waals surface area (Å²) >= 11 is 6.38. The predicted octanol–water partition coefficient (Wildman–Crippen LogP) is 4.24. The molecular formula is C19H13ClF3N3O3S2. The van der Waals surface area contributed by atoms with E-state index in [1.165, 1.54) is 54.8 Å². The summed E-state index contributed by atoms with van der Waals surface area (Å²) in [6.45, 7) is 0. The fourth-order valence-corrected chi connectivity index (χ4v) is 5.04. The summed E-state index contributed by atoms with van der Waals surface area (Å²) in [6.07, 6.45) is -3.28. The minimum Gasteiger partial charge on any atom is -0.255 e. The molecule has 0 amide bonds. The van der Waals surface area contributed by atoms with E-state index in [0.29, 0.717) is 15.7 Å². The lowest BCUT2D eigenvalue weighted by Crippen LogP contribution is -2.12. The molecule has 1 aromatic heterocycles. The molecule has 4 rings (SSSR count). The van der Waals surface area contributed by atoms with E-state index in [4.69, 9.17) is 16.7 Å². The van der Waals surface area contributed by atoms with Crippen LogP contribution in [0.5, 0.6) is 0 Å². The summed E-state index contributed by atoms with van der Waals surface area (Å²) in [4.78, 5) is 0.167. The summed E-state index contributed by atoms with van der Waals surface area (Å²) < 4.78 is 77.0. The minimum absolute atomic E-state index is 0.128. The highest BCUT2D eigenvalue weighted by atomic mass is 35.5. The van der Waals surface area contributed by atoms with Crippen molar-refractivity contribution in [2.75, 3.05) is 6.26 Å². The summed E-state index contributed by atoms with van der Waals surface area (Å²) in [6, 6.07) is 10.7. The Bertz CT molecular complexity index is 1480. The Morgan fingerprint density at radius 3 is 2.13 bits per heavy atom. The predicted molar refractivity (Wildman–Crippen MR) is 112 cm³/mol. The third-order valence-electron chi connectivity index (χ3n) is 4.73. The smallest absolute Gasteiger partial charge is 0.255 e. The zero-order valence-electron chi connectivity index (χ0n) is 15.6. The van der Waals surface area contributed by atoms with Crippen molar-refractivity contribution in [3.05, 3.63) is 59.2 Å². The highest BCUT2D eigenvalue weighted by molar-refractivity contribution is 7.89. The van der Waals surface area contributed by atoms with Crippen LogP contribution in [0, 0.1) is 0 Å². The molecule has 0 fully saturated rings. The summed E-state index contributed by atoms with van der Waals surface area (Å²) in [5.74, 6) is 0. The molecule has 6 nitrogen and oxygen atoms in total. The lowest BCUT2D eigenvalue weighted by atomic mass is 10.1. The minimum atomic E-state index is -4.73. The average Bonchev–Trinajstić information content (AvgIpc) is 3.08. The second-order valence-electron chi connectivity index (χ2n) is 6.69. The molecule has 162 valence electrons. The SMILES string of the molecule is CS(=O)c1ccc2c(ccc3c(C(F)(F)F)nn(-c4ccc(S(N)(=O)=O)cc4)c32)c1Cl. The van der Waals surface area contributed by atoms with Gasteiger partial charge in [0, 0.05) is 22.4 Å². The van der Waals surface area contributed by atoms with Gasteiger partial charge in [-0.05, 0) is 36.4 Å². The van der Waals surface area contributed by atoms with Crippen LogP contribution in [0.2, 0.25) is 5.02 Å². The van der Waals surface area contributed by atoms with Gasteiger partial charge in [0.25, 0.3) is 0 Å². The van der Waals surface area contributed by atoms with Crippen LogP contribution in [0.1, 0.15) is 5.69 Å². The molecule has 0 saturated heterocycles. The number of rotatable bonds is 3. The number of primary sulfonamides is 1. The van der Waals surface area contributed by atoms with E-state index in [0.717, 1.165) is 4.68 Å². The highest BCUT2D eigenvalue weighted by Crippen LogP contribution is 2.40. The number of halogens is 4. The van der Waals surface area contributed by atoms with Crippen molar-refractivity contribution in [1.29, 1.82) is 0 Å². The molecule has 0 spiro atoms. The van der Waals surface area contributed by atoms with Crippen LogP contribution in [0.3, 0.4) is 0 Å². The molecule has 1 heterocycles. The molecule has 1 unspecified atom stereocenters. The zero-order chi connectivity index (χ0) is 22.7. The second kappa shape index (κ2) is 7.30. The molecule has 4 aromatic rings. The number of hydrogen-bond donors (Lipinski definition) is 1. The first kappa shape index (κ1) is 21.8. The number of sulfonamides is 1. The molecule has 31 heavy (non-hydrogen) atoms. The summed E-state index contributed by atoms with van der Waals surface area (Å²) in [7, 11) is -5.37. The van der Waals surface area contributed by atoms with E-state index >= 15 is 0 Å². The average molecular weight is 488 g/mol. The molecule has 2 N–H and O–H groups in total. The molecule has 3 aromatic carbocycles. The van der Waals surface area contributed by atoms with E-state index in [2.05, 4.69) is 5.10 Å². The normalized spacial score (nSPS) is 13.7. The topological polar surface area (TPSA) is 95.0 Å². The Kier molecular flexibility index (Phi) is 5.12. The zero-order valence-corrected chi connectivity index (χ0v) is 18.0. The third-order valence-corrected chi connectivity index (χ3v) is 7.13. The van der Waals surface area contributed by atoms with Gasteiger partial charge in [0.15, 0.2) is 5.69 Å². The molecule has 0 bridgehead atoms. The maximum atomic E-state index is 13.7. The first-order valence-corrected chi connectivity index (χ1v) is 12.1. The number of aromatic nitrogens is 2. The molecule has 1 atom stereocenters. The van der Waals surface area contributed by atoms with Crippen LogP contribution < -0.4 is 5.14 Å². The maximum Gasteiger partial charge on any atom is 0.435 e. The van der Waals surface area contributed by atoms with Crippen molar-refractivity contribution in [3.63, 3.8) is 0 Å². The van der Waals surface area contributed by atoms with Crippen molar-refractivity contribution in [2.24, 2.45) is 5.14 Å². The van der Waals surface area contributed by atoms with Gasteiger partial charge in [0.2, 0.25) is 10.0 Å². The van der Waals surface area contributed by atoms with Gasteiger partial charge in [-0.15, -0.1) is 0 Å². The van der Waals surface area contributed by atoms with Crippen molar-refractivity contribution in [1.82, 2.24) is 9.78 Å². The third kappa shape index (κ3) is 3.71. The van der Waals surface area contributed by atoms with Crippen LogP contribution in [-0.2, 0) is 27.0 Å². The summed E-state index contributed by atoms with van der Waals surface area (Å²) in [5, 5.41) is 9.66. The van der Waals surface area contributed by atoms with Crippen LogP contribution in [-0.4, -0.2) is 28.7 Å². The number of hydrogen-bond acceptors (Lipinski definition) is 4. The lowest BCUT2D eigenvalue weighted by molar-refractivity contribution is -0.140. The first-order chi connectivity index (χ1) is 14.4. The second-order valence-corrected chi connectivity index (χ2v) is 9.97. The van der Waals surface area contributed by atoms with Crippen molar-refractivity contribution >= 4 is 54.1 Å². The Hall–Kier alpha value is -2.47. The number of benzene rings is 3. The van der Waals surface area contributed by atoms with E-state index < -0.39 is 32.7 Å². The molecule has 0 saturated carbocycles. The van der Waals surface area contributed by atoms with Gasteiger partial charge in [0.1, 0.15) is 0 Å². The molecule has 0 aliphatic heterocycles. The Morgan fingerprint density at radius 1 is 1.00 bits per heavy atom. The number of nitrogens with zero attached hydrogens (tertiary/aromatic N) is 2. The van der Waals surface area contributed by atoms with Gasteiger partial charge >= 0.3 is 6.18 Å². The largest absolute Gasteiger partial charge is 0.435 e. The molecule has 0 aliphatic rings. The van der Waals surface area contributed by atoms with Crippen molar-refractivity contribution in [2.45, 2.75) is 16.0 Å². The quantitative estimate of drug-likeness (QED) is 0.467. The van der Waals surface area contributed by atoms with E-state index in [1.54, 1.807) is 0 Å². The van der Waals surface area contributed by atoms with Gasteiger partial charge < -0.3 is 0 Å². The van der Waals surface area contributed by atoms with Gasteiger partial charge in [-0.2, -0.15) is 18.3 Å². The van der Waals surface area contributed by atoms with Crippen molar-refractivity contribution in [3.8, 4) is 5.69 Å². The Labute approximate surface area is 181 Å². The van der Waals surface area contributed by atoms with Crippen molar-refractivity contribution < 1.29 is 25.8 Å². The summed E-state index contributed by atoms with van der Waals surface area (Å²) in [5.41, 5.74) is -0.776. The highest BCUT2D eigenvalue weighted by Gasteiger charge is 2.37. The van der Waals surface area contributed by atoms with Crippen LogP contribution in [0.15, 0.2) is 58.3 Å². The Balaban J connectivity index is 2.10. The molecule has 0 radical (unpaired) electrons. The van der Waals surface area contributed by atoms with Gasteiger partial charge in [0.05, 0.1) is 36.8 Å². The number of nitrogens with two attached hydrogens (primary N) is 1. The Morgan fingerprint density at radius 2 is 1.58 bits per heavy atom. The fraction of sp³-hybridized carbons (Fsp3) is 0.105. The molecule has 0 aliphatic carbocycles. The van der Waals surface area contributed by atoms with E-state index in [-0.39, 0.29) is 26.5 Å². The van der Waals surface area contributed by atoms with Crippen LogP contribution >= 0.6 is 11.6 Å². The fourth-order valence-electron chi connectivity index (χ4n) is 3.35. The molecular weight excluding hydrogens is 475 g/mol.